The summed E-state index contributed by atoms with van der Waals surface area (Å²) in [5.74, 6) is 0.168. The predicted molar refractivity (Wildman–Crippen MR) is 92.8 cm³/mol. The van der Waals surface area contributed by atoms with Gasteiger partial charge in [0.2, 0.25) is 0 Å². The molecule has 0 spiro atoms. The van der Waals surface area contributed by atoms with Crippen LogP contribution >= 0.6 is 0 Å². The molecule has 0 aromatic heterocycles. The molecular formula is C20H30F2O2. The minimum Gasteiger partial charge on any atom is -0.426 e. The lowest BCUT2D eigenvalue weighted by Gasteiger charge is -2.36. The van der Waals surface area contributed by atoms with Crippen LogP contribution in [-0.2, 0) is 4.79 Å². The predicted octanol–water partition coefficient (Wildman–Crippen LogP) is 5.99. The monoisotopic (exact) mass is 340 g/mol. The van der Waals surface area contributed by atoms with Crippen molar-refractivity contribution in [2.24, 2.45) is 23.7 Å². The Hall–Kier alpha value is -1.45. The van der Waals surface area contributed by atoms with E-state index in [1.165, 1.54) is 31.7 Å². The third-order valence-corrected chi connectivity index (χ3v) is 5.94. The lowest BCUT2D eigenvalue weighted by molar-refractivity contribution is -0.140. The molecule has 0 heterocycles. The zero-order valence-electron chi connectivity index (χ0n) is 14.3. The molecule has 4 heteroatoms. The van der Waals surface area contributed by atoms with Gasteiger partial charge >= 0.3 is 5.97 Å². The first-order chi connectivity index (χ1) is 11.5. The first-order valence-corrected chi connectivity index (χ1v) is 9.19. The molecule has 0 saturated heterocycles. The number of rotatable bonds is 3. The second kappa shape index (κ2) is 7.62. The van der Waals surface area contributed by atoms with Crippen LogP contribution in [0.1, 0.15) is 61.1 Å². The highest BCUT2D eigenvalue weighted by Crippen LogP contribution is 2.41. The third kappa shape index (κ3) is 4.14. The number of carbonyl (C=O) groups is 1. The largest absolute Gasteiger partial charge is 0.426 e. The van der Waals surface area contributed by atoms with Crippen molar-refractivity contribution in [3.63, 3.8) is 0 Å². The standard InChI is InChI=1S/C20H26F2O2.2H2/c1-13-2-4-14(5-3-13)15-6-8-16(9-7-15)20(23)24-17-10-11-18(21)19(22)12-17;;/h10-16H,2-9H2,1H3;2*1H. The molecule has 2 fully saturated rings. The summed E-state index contributed by atoms with van der Waals surface area (Å²) in [6.07, 6.45) is 9.18. The summed E-state index contributed by atoms with van der Waals surface area (Å²) in [6, 6.07) is 3.21. The molecule has 0 atom stereocenters. The van der Waals surface area contributed by atoms with Gasteiger partial charge in [0.1, 0.15) is 5.75 Å². The van der Waals surface area contributed by atoms with Gasteiger partial charge in [-0.3, -0.25) is 4.79 Å². The molecule has 1 aromatic carbocycles. The van der Waals surface area contributed by atoms with Gasteiger partial charge in [-0.2, -0.15) is 0 Å². The second-order valence-electron chi connectivity index (χ2n) is 7.63. The molecule has 136 valence electrons. The van der Waals surface area contributed by atoms with E-state index in [0.29, 0.717) is 0 Å². The molecule has 2 saturated carbocycles. The molecule has 0 N–H and O–H groups in total. The Bertz CT molecular complexity index is 581. The van der Waals surface area contributed by atoms with Crippen molar-refractivity contribution >= 4 is 5.97 Å². The number of esters is 1. The molecule has 0 bridgehead atoms. The summed E-state index contributed by atoms with van der Waals surface area (Å²) < 4.78 is 31.3. The van der Waals surface area contributed by atoms with Crippen molar-refractivity contribution in [1.29, 1.82) is 0 Å². The number of carbonyl (C=O) groups excluding carboxylic acids is 1. The average molecular weight is 340 g/mol. The first-order valence-electron chi connectivity index (χ1n) is 9.19. The maximum Gasteiger partial charge on any atom is 0.314 e. The van der Waals surface area contributed by atoms with Crippen molar-refractivity contribution in [3.8, 4) is 5.75 Å². The first kappa shape index (κ1) is 17.4. The Morgan fingerprint density at radius 2 is 1.54 bits per heavy atom. The van der Waals surface area contributed by atoms with Crippen LogP contribution in [0.4, 0.5) is 8.78 Å². The fourth-order valence-electron chi connectivity index (χ4n) is 4.32. The van der Waals surface area contributed by atoms with Crippen LogP contribution in [0.2, 0.25) is 0 Å². The Morgan fingerprint density at radius 3 is 2.12 bits per heavy atom. The van der Waals surface area contributed by atoms with E-state index in [-0.39, 0.29) is 20.5 Å². The maximum absolute atomic E-state index is 13.2. The van der Waals surface area contributed by atoms with E-state index in [4.69, 9.17) is 4.74 Å². The third-order valence-electron chi connectivity index (χ3n) is 5.94. The van der Waals surface area contributed by atoms with Gasteiger partial charge in [0.15, 0.2) is 11.6 Å². The summed E-state index contributed by atoms with van der Waals surface area (Å²) in [4.78, 5) is 12.3. The number of benzene rings is 1. The Morgan fingerprint density at radius 1 is 0.958 bits per heavy atom. The molecule has 1 aromatic rings. The maximum atomic E-state index is 13.2. The minimum absolute atomic E-state index is 0. The van der Waals surface area contributed by atoms with Gasteiger partial charge in [-0.15, -0.1) is 0 Å². The fourth-order valence-corrected chi connectivity index (χ4v) is 4.32. The lowest BCUT2D eigenvalue weighted by atomic mass is 9.69. The van der Waals surface area contributed by atoms with E-state index < -0.39 is 11.6 Å². The average Bonchev–Trinajstić information content (AvgIpc) is 2.59. The fraction of sp³-hybridized carbons (Fsp3) is 0.650. The number of hydrogen-bond donors (Lipinski definition) is 0. The SMILES string of the molecule is CC1CCC(C2CCC(C(=O)Oc3ccc(F)c(F)c3)CC2)CC1.[HH].[HH]. The van der Waals surface area contributed by atoms with Crippen molar-refractivity contribution in [1.82, 2.24) is 0 Å². The molecule has 0 aliphatic heterocycles. The number of ether oxygens (including phenoxy) is 1. The highest BCUT2D eigenvalue weighted by atomic mass is 19.2. The molecule has 2 aliphatic rings. The quantitative estimate of drug-likeness (QED) is 0.498. The van der Waals surface area contributed by atoms with Gasteiger partial charge in [-0.1, -0.05) is 19.8 Å². The molecule has 0 amide bonds. The van der Waals surface area contributed by atoms with E-state index in [0.717, 1.165) is 55.6 Å². The molecular weight excluding hydrogens is 310 g/mol. The molecule has 3 rings (SSSR count). The normalized spacial score (nSPS) is 30.8. The molecule has 2 aliphatic carbocycles. The summed E-state index contributed by atoms with van der Waals surface area (Å²) in [5.41, 5.74) is 0. The minimum atomic E-state index is -0.990. The molecule has 0 unspecified atom stereocenters. The van der Waals surface area contributed by atoms with E-state index in [1.54, 1.807) is 0 Å². The van der Waals surface area contributed by atoms with Gasteiger partial charge < -0.3 is 4.74 Å². The van der Waals surface area contributed by atoms with E-state index in [9.17, 15) is 13.6 Å². The number of halogens is 2. The van der Waals surface area contributed by atoms with Crippen LogP contribution in [0.15, 0.2) is 18.2 Å². The summed E-state index contributed by atoms with van der Waals surface area (Å²) in [6.45, 7) is 2.33. The van der Waals surface area contributed by atoms with Crippen molar-refractivity contribution in [2.45, 2.75) is 58.3 Å². The van der Waals surface area contributed by atoms with Gasteiger partial charge in [-0.25, -0.2) is 8.78 Å². The van der Waals surface area contributed by atoms with Crippen LogP contribution < -0.4 is 4.74 Å². The summed E-state index contributed by atoms with van der Waals surface area (Å²) in [7, 11) is 0. The van der Waals surface area contributed by atoms with Crippen LogP contribution in [-0.4, -0.2) is 5.97 Å². The van der Waals surface area contributed by atoms with Gasteiger partial charge in [0.05, 0.1) is 5.92 Å². The Labute approximate surface area is 145 Å². The van der Waals surface area contributed by atoms with Crippen molar-refractivity contribution in [2.75, 3.05) is 0 Å². The van der Waals surface area contributed by atoms with Crippen molar-refractivity contribution in [3.05, 3.63) is 29.8 Å². The zero-order valence-corrected chi connectivity index (χ0v) is 14.3. The Kier molecular flexibility index (Phi) is 5.52. The number of hydrogen-bond acceptors (Lipinski definition) is 2. The van der Waals surface area contributed by atoms with Crippen molar-refractivity contribution < 1.29 is 21.2 Å². The molecule has 2 nitrogen and oxygen atoms in total. The van der Waals surface area contributed by atoms with Crippen LogP contribution in [0, 0.1) is 35.3 Å². The molecule has 24 heavy (non-hydrogen) atoms. The second-order valence-corrected chi connectivity index (χ2v) is 7.63. The van der Waals surface area contributed by atoms with Crippen LogP contribution in [0.25, 0.3) is 0 Å². The van der Waals surface area contributed by atoms with E-state index in [2.05, 4.69) is 6.92 Å². The summed E-state index contributed by atoms with van der Waals surface area (Å²) in [5, 5.41) is 0. The highest BCUT2D eigenvalue weighted by molar-refractivity contribution is 5.75. The topological polar surface area (TPSA) is 26.3 Å². The van der Waals surface area contributed by atoms with Gasteiger partial charge in [0.25, 0.3) is 0 Å². The zero-order chi connectivity index (χ0) is 17.1. The smallest absolute Gasteiger partial charge is 0.314 e. The Balaban J connectivity index is 0.00000169. The van der Waals surface area contributed by atoms with Crippen LogP contribution in [0.5, 0.6) is 5.75 Å². The van der Waals surface area contributed by atoms with Gasteiger partial charge in [-0.05, 0) is 68.4 Å². The van der Waals surface area contributed by atoms with Gasteiger partial charge in [0, 0.05) is 8.92 Å². The van der Waals surface area contributed by atoms with E-state index in [1.807, 2.05) is 0 Å². The summed E-state index contributed by atoms with van der Waals surface area (Å²) >= 11 is 0. The lowest BCUT2D eigenvalue weighted by Crippen LogP contribution is -2.29. The highest BCUT2D eigenvalue weighted by Gasteiger charge is 2.33. The molecule has 0 radical (unpaired) electrons. The van der Waals surface area contributed by atoms with E-state index >= 15 is 0 Å². The van der Waals surface area contributed by atoms with Crippen LogP contribution in [0.3, 0.4) is 0 Å².